The standard InChI is InChI=1S/C19H21F3N6/c1-3-16-24-25-18-17(23-8-9-28(16)18)27-11-14(12-27)26(2)10-13-6-4-5-7-15(13)19(20,21)22/h4-9,14H,3,10-12H2,1-2H3. The maximum Gasteiger partial charge on any atom is 0.416 e. The first-order valence-corrected chi connectivity index (χ1v) is 9.17. The summed E-state index contributed by atoms with van der Waals surface area (Å²) < 4.78 is 41.6. The number of rotatable bonds is 5. The summed E-state index contributed by atoms with van der Waals surface area (Å²) in [5.74, 6) is 1.63. The van der Waals surface area contributed by atoms with Gasteiger partial charge in [-0.15, -0.1) is 10.2 Å². The molecule has 1 aliphatic heterocycles. The molecular formula is C19H21F3N6. The van der Waals surface area contributed by atoms with Crippen LogP contribution in [0.15, 0.2) is 36.7 Å². The van der Waals surface area contributed by atoms with Gasteiger partial charge in [-0.25, -0.2) is 4.98 Å². The third-order valence-corrected chi connectivity index (χ3v) is 5.22. The number of halogens is 3. The molecule has 0 saturated carbocycles. The Morgan fingerprint density at radius 2 is 1.93 bits per heavy atom. The average molecular weight is 390 g/mol. The molecule has 2 aromatic heterocycles. The quantitative estimate of drug-likeness (QED) is 0.670. The van der Waals surface area contributed by atoms with E-state index >= 15 is 0 Å². The summed E-state index contributed by atoms with van der Waals surface area (Å²) in [5.41, 5.74) is 0.434. The molecule has 0 spiro atoms. The van der Waals surface area contributed by atoms with E-state index in [-0.39, 0.29) is 12.6 Å². The molecule has 28 heavy (non-hydrogen) atoms. The summed E-state index contributed by atoms with van der Waals surface area (Å²) in [6.45, 7) is 3.64. The number of hydrogen-bond donors (Lipinski definition) is 0. The van der Waals surface area contributed by atoms with Crippen LogP contribution in [0, 0.1) is 0 Å². The Labute approximate surface area is 160 Å². The number of hydrogen-bond acceptors (Lipinski definition) is 5. The van der Waals surface area contributed by atoms with Gasteiger partial charge in [-0.2, -0.15) is 13.2 Å². The van der Waals surface area contributed by atoms with Crippen LogP contribution in [0.3, 0.4) is 0 Å². The van der Waals surface area contributed by atoms with E-state index < -0.39 is 11.7 Å². The number of aryl methyl sites for hydroxylation is 1. The summed E-state index contributed by atoms with van der Waals surface area (Å²) in [4.78, 5) is 8.48. The van der Waals surface area contributed by atoms with Crippen LogP contribution in [-0.4, -0.2) is 50.7 Å². The first kappa shape index (κ1) is 18.7. The minimum atomic E-state index is -4.34. The highest BCUT2D eigenvalue weighted by Crippen LogP contribution is 2.33. The third kappa shape index (κ3) is 3.30. The topological polar surface area (TPSA) is 49.6 Å². The van der Waals surface area contributed by atoms with Gasteiger partial charge in [0.1, 0.15) is 5.82 Å². The van der Waals surface area contributed by atoms with Crippen molar-refractivity contribution >= 4 is 11.5 Å². The number of fused-ring (bicyclic) bond motifs is 1. The molecule has 1 aromatic carbocycles. The van der Waals surface area contributed by atoms with Gasteiger partial charge >= 0.3 is 6.18 Å². The van der Waals surface area contributed by atoms with Gasteiger partial charge in [-0.3, -0.25) is 9.30 Å². The number of alkyl halides is 3. The van der Waals surface area contributed by atoms with Crippen LogP contribution in [-0.2, 0) is 19.1 Å². The molecule has 148 valence electrons. The predicted molar refractivity (Wildman–Crippen MR) is 99.1 cm³/mol. The second-order valence-electron chi connectivity index (χ2n) is 7.04. The van der Waals surface area contributed by atoms with Gasteiger partial charge in [-0.1, -0.05) is 25.1 Å². The van der Waals surface area contributed by atoms with Gasteiger partial charge in [-0.05, 0) is 18.7 Å². The zero-order valence-electron chi connectivity index (χ0n) is 15.7. The largest absolute Gasteiger partial charge is 0.416 e. The van der Waals surface area contributed by atoms with E-state index in [9.17, 15) is 13.2 Å². The van der Waals surface area contributed by atoms with E-state index in [2.05, 4.69) is 20.1 Å². The van der Waals surface area contributed by atoms with Gasteiger partial charge in [0.25, 0.3) is 0 Å². The molecule has 0 aliphatic carbocycles. The molecule has 0 unspecified atom stereocenters. The Morgan fingerprint density at radius 3 is 2.64 bits per heavy atom. The van der Waals surface area contributed by atoms with Crippen LogP contribution < -0.4 is 4.90 Å². The van der Waals surface area contributed by atoms with Gasteiger partial charge in [0.05, 0.1) is 5.56 Å². The van der Waals surface area contributed by atoms with Crippen molar-refractivity contribution in [3.8, 4) is 0 Å². The van der Waals surface area contributed by atoms with E-state index in [1.165, 1.54) is 6.07 Å². The molecule has 0 radical (unpaired) electrons. The van der Waals surface area contributed by atoms with Gasteiger partial charge in [0.2, 0.25) is 5.65 Å². The van der Waals surface area contributed by atoms with E-state index in [1.54, 1.807) is 18.3 Å². The summed E-state index contributed by atoms with van der Waals surface area (Å²) in [5, 5.41) is 8.43. The fourth-order valence-corrected chi connectivity index (χ4v) is 3.56. The molecule has 6 nitrogen and oxygen atoms in total. The van der Waals surface area contributed by atoms with Crippen molar-refractivity contribution in [1.82, 2.24) is 24.5 Å². The lowest BCUT2D eigenvalue weighted by Gasteiger charge is -2.44. The average Bonchev–Trinajstić information content (AvgIpc) is 3.04. The lowest BCUT2D eigenvalue weighted by atomic mass is 10.0. The van der Waals surface area contributed by atoms with E-state index in [0.29, 0.717) is 24.3 Å². The molecule has 3 aromatic rings. The second kappa shape index (κ2) is 7.05. The summed E-state index contributed by atoms with van der Waals surface area (Å²) >= 11 is 0. The summed E-state index contributed by atoms with van der Waals surface area (Å²) in [7, 11) is 1.86. The lowest BCUT2D eigenvalue weighted by molar-refractivity contribution is -0.138. The number of benzene rings is 1. The molecule has 1 fully saturated rings. The summed E-state index contributed by atoms with van der Waals surface area (Å²) in [6.07, 6.45) is -0.00148. The molecule has 0 N–H and O–H groups in total. The zero-order chi connectivity index (χ0) is 19.9. The number of aromatic nitrogens is 4. The molecule has 0 atom stereocenters. The maximum absolute atomic E-state index is 13.2. The lowest BCUT2D eigenvalue weighted by Crippen LogP contribution is -2.58. The first-order valence-electron chi connectivity index (χ1n) is 9.17. The van der Waals surface area contributed by atoms with Crippen molar-refractivity contribution in [2.45, 2.75) is 32.1 Å². The fourth-order valence-electron chi connectivity index (χ4n) is 3.56. The minimum absolute atomic E-state index is 0.150. The van der Waals surface area contributed by atoms with E-state index in [1.807, 2.05) is 29.5 Å². The monoisotopic (exact) mass is 390 g/mol. The number of nitrogens with zero attached hydrogens (tertiary/aromatic N) is 6. The highest BCUT2D eigenvalue weighted by molar-refractivity contribution is 5.65. The Bertz CT molecular complexity index is 977. The SMILES string of the molecule is CCc1nnc2c(N3CC(N(C)Cc4ccccc4C(F)(F)F)C3)nccn12. The number of likely N-dealkylation sites (N-methyl/N-ethyl adjacent to an activating group) is 1. The van der Waals surface area contributed by atoms with Crippen molar-refractivity contribution < 1.29 is 13.2 Å². The van der Waals surface area contributed by atoms with Crippen molar-refractivity contribution in [2.24, 2.45) is 0 Å². The molecule has 0 bridgehead atoms. The molecule has 4 rings (SSSR count). The third-order valence-electron chi connectivity index (χ3n) is 5.22. The van der Waals surface area contributed by atoms with Crippen LogP contribution in [0.4, 0.5) is 19.0 Å². The highest BCUT2D eigenvalue weighted by Gasteiger charge is 2.36. The molecule has 1 saturated heterocycles. The van der Waals surface area contributed by atoms with E-state index in [0.717, 1.165) is 24.1 Å². The molecule has 0 amide bonds. The Hall–Kier alpha value is -2.68. The molecule has 3 heterocycles. The maximum atomic E-state index is 13.2. The van der Waals surface area contributed by atoms with Crippen molar-refractivity contribution in [3.05, 3.63) is 53.6 Å². The highest BCUT2D eigenvalue weighted by atomic mass is 19.4. The minimum Gasteiger partial charge on any atom is -0.350 e. The van der Waals surface area contributed by atoms with Crippen LogP contribution in [0.2, 0.25) is 0 Å². The van der Waals surface area contributed by atoms with Crippen LogP contribution >= 0.6 is 0 Å². The Morgan fingerprint density at radius 1 is 1.18 bits per heavy atom. The van der Waals surface area contributed by atoms with Gasteiger partial charge < -0.3 is 4.90 Å². The first-order chi connectivity index (χ1) is 13.4. The van der Waals surface area contributed by atoms with E-state index in [4.69, 9.17) is 0 Å². The van der Waals surface area contributed by atoms with Crippen LogP contribution in [0.25, 0.3) is 5.65 Å². The van der Waals surface area contributed by atoms with Gasteiger partial charge in [0, 0.05) is 44.5 Å². The Kier molecular flexibility index (Phi) is 4.70. The smallest absolute Gasteiger partial charge is 0.350 e. The zero-order valence-corrected chi connectivity index (χ0v) is 15.7. The van der Waals surface area contributed by atoms with Crippen molar-refractivity contribution in [3.63, 3.8) is 0 Å². The van der Waals surface area contributed by atoms with Crippen LogP contribution in [0.5, 0.6) is 0 Å². The van der Waals surface area contributed by atoms with Gasteiger partial charge in [0.15, 0.2) is 5.82 Å². The van der Waals surface area contributed by atoms with Crippen molar-refractivity contribution in [1.29, 1.82) is 0 Å². The second-order valence-corrected chi connectivity index (χ2v) is 7.04. The number of anilines is 1. The molecule has 9 heteroatoms. The van der Waals surface area contributed by atoms with Crippen molar-refractivity contribution in [2.75, 3.05) is 25.0 Å². The Balaban J connectivity index is 1.46. The van der Waals surface area contributed by atoms with Crippen LogP contribution in [0.1, 0.15) is 23.9 Å². The summed E-state index contributed by atoms with van der Waals surface area (Å²) in [6, 6.07) is 5.90. The molecular weight excluding hydrogens is 369 g/mol. The normalized spacial score (nSPS) is 15.4. The predicted octanol–water partition coefficient (Wildman–Crippen LogP) is 3.03. The molecule has 1 aliphatic rings. The fraction of sp³-hybridized carbons (Fsp3) is 0.421.